The molecule has 2 aromatic heterocycles. The highest BCUT2D eigenvalue weighted by Gasteiger charge is 2.19. The summed E-state index contributed by atoms with van der Waals surface area (Å²) in [6, 6.07) is 5.21. The van der Waals surface area contributed by atoms with Crippen LogP contribution in [0.4, 0.5) is 5.95 Å². The molecular weight excluding hydrogens is 387 g/mol. The molecule has 3 rings (SSSR count). The third-order valence-corrected chi connectivity index (χ3v) is 4.62. The lowest BCUT2D eigenvalue weighted by Crippen LogP contribution is -2.15. The van der Waals surface area contributed by atoms with Crippen molar-refractivity contribution < 1.29 is 4.79 Å². The number of rotatable bonds is 4. The number of aromatic nitrogens is 5. The highest BCUT2D eigenvalue weighted by molar-refractivity contribution is 6.35. The highest BCUT2D eigenvalue weighted by atomic mass is 35.5. The fourth-order valence-electron chi connectivity index (χ4n) is 2.14. The van der Waals surface area contributed by atoms with Gasteiger partial charge in [0.25, 0.3) is 5.91 Å². The lowest BCUT2D eigenvalue weighted by molar-refractivity contribution is 0.102. The summed E-state index contributed by atoms with van der Waals surface area (Å²) < 4.78 is 3.09. The van der Waals surface area contributed by atoms with Crippen molar-refractivity contribution in [2.24, 2.45) is 7.05 Å². The van der Waals surface area contributed by atoms with Crippen LogP contribution in [-0.2, 0) is 13.6 Å². The molecule has 0 saturated heterocycles. The van der Waals surface area contributed by atoms with Gasteiger partial charge in [0.1, 0.15) is 6.33 Å². The van der Waals surface area contributed by atoms with Gasteiger partial charge in [-0.2, -0.15) is 5.10 Å². The maximum absolute atomic E-state index is 12.3. The van der Waals surface area contributed by atoms with Crippen molar-refractivity contribution in [1.29, 1.82) is 0 Å². The molecule has 0 atom stereocenters. The zero-order valence-corrected chi connectivity index (χ0v) is 15.6. The standard InChI is InChI=1S/C15H13Cl3N6O/c1-8-12(18)13(21-23(8)2)14(25)20-15-19-7-24(22-15)6-9-3-4-10(16)5-11(9)17/h3-5,7H,6H2,1-2H3,(H,20,22,25). The van der Waals surface area contributed by atoms with Gasteiger partial charge in [-0.3, -0.25) is 14.8 Å². The Labute approximate surface area is 158 Å². The molecule has 0 unspecified atom stereocenters. The second-order valence-corrected chi connectivity index (χ2v) is 6.55. The average molecular weight is 400 g/mol. The molecule has 0 radical (unpaired) electrons. The summed E-state index contributed by atoms with van der Waals surface area (Å²) in [5, 5.41) is 12.2. The molecule has 7 nitrogen and oxygen atoms in total. The van der Waals surface area contributed by atoms with Crippen molar-refractivity contribution in [1.82, 2.24) is 24.5 Å². The van der Waals surface area contributed by atoms with E-state index in [2.05, 4.69) is 20.5 Å². The van der Waals surface area contributed by atoms with Crippen LogP contribution in [0.3, 0.4) is 0 Å². The number of halogens is 3. The molecule has 1 N–H and O–H groups in total. The number of carbonyl (C=O) groups excluding carboxylic acids is 1. The molecule has 130 valence electrons. The minimum absolute atomic E-state index is 0.124. The normalized spacial score (nSPS) is 10.9. The van der Waals surface area contributed by atoms with Gasteiger partial charge in [0.05, 0.1) is 17.3 Å². The number of carbonyl (C=O) groups is 1. The van der Waals surface area contributed by atoms with Gasteiger partial charge in [0.15, 0.2) is 5.69 Å². The number of hydrogen-bond acceptors (Lipinski definition) is 4. The Kier molecular flexibility index (Phi) is 4.99. The van der Waals surface area contributed by atoms with E-state index in [0.717, 1.165) is 5.56 Å². The third kappa shape index (κ3) is 3.78. The van der Waals surface area contributed by atoms with Crippen molar-refractivity contribution in [3.8, 4) is 0 Å². The first-order valence-corrected chi connectivity index (χ1v) is 8.32. The summed E-state index contributed by atoms with van der Waals surface area (Å²) in [7, 11) is 1.71. The van der Waals surface area contributed by atoms with Crippen LogP contribution in [0, 0.1) is 6.92 Å². The second-order valence-electron chi connectivity index (χ2n) is 5.33. The third-order valence-electron chi connectivity index (χ3n) is 3.59. The van der Waals surface area contributed by atoms with Crippen molar-refractivity contribution in [3.63, 3.8) is 0 Å². The first-order chi connectivity index (χ1) is 11.8. The maximum atomic E-state index is 12.3. The first kappa shape index (κ1) is 17.7. The quantitative estimate of drug-likeness (QED) is 0.727. The smallest absolute Gasteiger partial charge is 0.280 e. The van der Waals surface area contributed by atoms with E-state index in [0.29, 0.717) is 27.3 Å². The van der Waals surface area contributed by atoms with Crippen molar-refractivity contribution in [2.75, 3.05) is 5.32 Å². The SMILES string of the molecule is Cc1c(Cl)c(C(=O)Nc2ncn(Cc3ccc(Cl)cc3Cl)n2)nn1C. The van der Waals surface area contributed by atoms with E-state index in [9.17, 15) is 4.79 Å². The van der Waals surface area contributed by atoms with Crippen molar-refractivity contribution in [2.45, 2.75) is 13.5 Å². The number of benzene rings is 1. The lowest BCUT2D eigenvalue weighted by Gasteiger charge is -2.04. The topological polar surface area (TPSA) is 77.6 Å². The van der Waals surface area contributed by atoms with E-state index in [4.69, 9.17) is 34.8 Å². The second kappa shape index (κ2) is 7.03. The van der Waals surface area contributed by atoms with Crippen LogP contribution in [0.25, 0.3) is 0 Å². The van der Waals surface area contributed by atoms with Gasteiger partial charge in [-0.1, -0.05) is 40.9 Å². The molecule has 0 spiro atoms. The minimum atomic E-state index is -0.476. The summed E-state index contributed by atoms with van der Waals surface area (Å²) in [6.07, 6.45) is 1.49. The zero-order valence-electron chi connectivity index (χ0n) is 13.3. The molecule has 1 aromatic carbocycles. The monoisotopic (exact) mass is 398 g/mol. The predicted octanol–water partition coefficient (Wildman–Crippen LogP) is 3.58. The van der Waals surface area contributed by atoms with E-state index in [1.54, 1.807) is 36.9 Å². The summed E-state index contributed by atoms with van der Waals surface area (Å²) in [6.45, 7) is 2.16. The molecule has 0 aliphatic heterocycles. The summed E-state index contributed by atoms with van der Waals surface area (Å²) >= 11 is 18.1. The van der Waals surface area contributed by atoms with Gasteiger partial charge in [0, 0.05) is 17.1 Å². The average Bonchev–Trinajstić information content (AvgIpc) is 3.10. The van der Waals surface area contributed by atoms with Gasteiger partial charge in [-0.25, -0.2) is 9.67 Å². The van der Waals surface area contributed by atoms with Gasteiger partial charge in [0.2, 0.25) is 5.95 Å². The van der Waals surface area contributed by atoms with E-state index < -0.39 is 5.91 Å². The number of aryl methyl sites for hydroxylation is 1. The van der Waals surface area contributed by atoms with Crippen LogP contribution >= 0.6 is 34.8 Å². The van der Waals surface area contributed by atoms with Gasteiger partial charge >= 0.3 is 0 Å². The maximum Gasteiger partial charge on any atom is 0.280 e. The van der Waals surface area contributed by atoms with Crippen LogP contribution < -0.4 is 5.32 Å². The fraction of sp³-hybridized carbons (Fsp3) is 0.200. The molecule has 3 aromatic rings. The Morgan fingerprint density at radius 1 is 1.24 bits per heavy atom. The van der Waals surface area contributed by atoms with Crippen LogP contribution in [-0.4, -0.2) is 30.5 Å². The largest absolute Gasteiger partial charge is 0.288 e. The van der Waals surface area contributed by atoms with Gasteiger partial charge in [-0.15, -0.1) is 5.10 Å². The molecule has 25 heavy (non-hydrogen) atoms. The van der Waals surface area contributed by atoms with E-state index in [-0.39, 0.29) is 11.6 Å². The molecule has 0 aliphatic carbocycles. The number of nitrogens with zero attached hydrogens (tertiary/aromatic N) is 5. The molecule has 0 aliphatic rings. The van der Waals surface area contributed by atoms with E-state index >= 15 is 0 Å². The number of hydrogen-bond donors (Lipinski definition) is 1. The fourth-order valence-corrected chi connectivity index (χ4v) is 2.85. The Morgan fingerprint density at radius 2 is 2.00 bits per heavy atom. The molecule has 0 bridgehead atoms. The highest BCUT2D eigenvalue weighted by Crippen LogP contribution is 2.22. The molecule has 2 heterocycles. The molecular formula is C15H13Cl3N6O. The molecule has 0 fully saturated rings. The zero-order chi connectivity index (χ0) is 18.1. The number of nitrogens with one attached hydrogen (secondary N) is 1. The number of anilines is 1. The Bertz CT molecular complexity index is 949. The summed E-state index contributed by atoms with van der Waals surface area (Å²) in [5.74, 6) is -0.328. The Balaban J connectivity index is 1.73. The van der Waals surface area contributed by atoms with Crippen LogP contribution in [0.5, 0.6) is 0 Å². The minimum Gasteiger partial charge on any atom is -0.288 e. The predicted molar refractivity (Wildman–Crippen MR) is 96.5 cm³/mol. The Hall–Kier alpha value is -2.09. The van der Waals surface area contributed by atoms with Crippen molar-refractivity contribution >= 4 is 46.7 Å². The van der Waals surface area contributed by atoms with Gasteiger partial charge in [-0.05, 0) is 24.6 Å². The van der Waals surface area contributed by atoms with E-state index in [1.807, 2.05) is 0 Å². The van der Waals surface area contributed by atoms with Gasteiger partial charge < -0.3 is 0 Å². The van der Waals surface area contributed by atoms with Crippen LogP contribution in [0.1, 0.15) is 21.7 Å². The van der Waals surface area contributed by atoms with Crippen molar-refractivity contribution in [3.05, 3.63) is 56.5 Å². The molecule has 1 amide bonds. The lowest BCUT2D eigenvalue weighted by atomic mass is 10.2. The Morgan fingerprint density at radius 3 is 2.64 bits per heavy atom. The molecule has 10 heteroatoms. The number of amides is 1. The van der Waals surface area contributed by atoms with Crippen LogP contribution in [0.15, 0.2) is 24.5 Å². The summed E-state index contributed by atoms with van der Waals surface area (Å²) in [5.41, 5.74) is 1.65. The van der Waals surface area contributed by atoms with E-state index in [1.165, 1.54) is 11.0 Å². The summed E-state index contributed by atoms with van der Waals surface area (Å²) in [4.78, 5) is 16.3. The van der Waals surface area contributed by atoms with Crippen LogP contribution in [0.2, 0.25) is 15.1 Å². The molecule has 0 saturated carbocycles. The first-order valence-electron chi connectivity index (χ1n) is 7.19.